The fourth-order valence-corrected chi connectivity index (χ4v) is 4.91. The topological polar surface area (TPSA) is 189 Å². The number of aliphatic carboxylic acids is 2. The number of alkyl halides is 3. The number of piperazine rings is 1. The number of carbonyl (C=O) groups is 3. The minimum atomic E-state index is -4.44. The number of amides is 1. The Labute approximate surface area is 248 Å². The highest BCUT2D eigenvalue weighted by atomic mass is 19.4. The summed E-state index contributed by atoms with van der Waals surface area (Å²) in [4.78, 5) is 48.5. The molecule has 1 aromatic heterocycles. The van der Waals surface area contributed by atoms with Gasteiger partial charge < -0.3 is 35.1 Å². The SMILES string of the molecule is CC1(C/C=C/c2cccc(C(F)(F)F)c2)CN(C(=O)O)CCN1C[C@@]1(C)Cn2cc([N+](=O)[O-])nc2O1.O=C(O)/C=C\C(=O)O. The van der Waals surface area contributed by atoms with Crippen LogP contribution in [0.3, 0.4) is 0 Å². The van der Waals surface area contributed by atoms with E-state index in [1.54, 1.807) is 22.8 Å². The van der Waals surface area contributed by atoms with E-state index >= 15 is 0 Å². The average Bonchev–Trinajstić information content (AvgIpc) is 3.44. The maximum atomic E-state index is 13.0. The summed E-state index contributed by atoms with van der Waals surface area (Å²) in [5.41, 5.74) is -1.77. The van der Waals surface area contributed by atoms with Crippen molar-refractivity contribution in [2.75, 3.05) is 26.2 Å². The molecule has 0 aliphatic carbocycles. The molecule has 4 rings (SSSR count). The molecule has 2 aromatic rings. The molecular weight excluding hydrogens is 595 g/mol. The Morgan fingerprint density at radius 1 is 1.11 bits per heavy atom. The van der Waals surface area contributed by atoms with Crippen LogP contribution in [0.1, 0.15) is 31.4 Å². The van der Waals surface area contributed by atoms with Crippen molar-refractivity contribution in [3.8, 4) is 6.01 Å². The highest BCUT2D eigenvalue weighted by Gasteiger charge is 2.46. The number of nitro groups is 1. The summed E-state index contributed by atoms with van der Waals surface area (Å²) in [5.74, 6) is -2.81. The summed E-state index contributed by atoms with van der Waals surface area (Å²) >= 11 is 0. The van der Waals surface area contributed by atoms with Gasteiger partial charge in [0.25, 0.3) is 0 Å². The van der Waals surface area contributed by atoms with Gasteiger partial charge in [0.2, 0.25) is 0 Å². The molecule has 3 N–H and O–H groups in total. The Morgan fingerprint density at radius 2 is 1.77 bits per heavy atom. The van der Waals surface area contributed by atoms with Crippen molar-refractivity contribution in [3.63, 3.8) is 0 Å². The van der Waals surface area contributed by atoms with Gasteiger partial charge in [-0.1, -0.05) is 24.3 Å². The van der Waals surface area contributed by atoms with E-state index < -0.39 is 45.8 Å². The number of hydrogen-bond donors (Lipinski definition) is 3. The van der Waals surface area contributed by atoms with Gasteiger partial charge in [-0.05, 0) is 42.9 Å². The van der Waals surface area contributed by atoms with Crippen molar-refractivity contribution < 1.29 is 52.5 Å². The van der Waals surface area contributed by atoms with E-state index in [1.165, 1.54) is 17.2 Å². The lowest BCUT2D eigenvalue weighted by molar-refractivity contribution is -0.389. The van der Waals surface area contributed by atoms with Gasteiger partial charge >= 0.3 is 36.0 Å². The minimum absolute atomic E-state index is 0.152. The first-order valence-corrected chi connectivity index (χ1v) is 13.0. The van der Waals surface area contributed by atoms with Crippen LogP contribution < -0.4 is 4.74 Å². The first-order chi connectivity index (χ1) is 20.4. The van der Waals surface area contributed by atoms with Crippen LogP contribution in [0.5, 0.6) is 6.01 Å². The van der Waals surface area contributed by atoms with Crippen molar-refractivity contribution in [1.29, 1.82) is 0 Å². The quantitative estimate of drug-likeness (QED) is 0.220. The van der Waals surface area contributed by atoms with Crippen LogP contribution in [0, 0.1) is 10.1 Å². The van der Waals surface area contributed by atoms with Crippen LogP contribution in [0.2, 0.25) is 0 Å². The van der Waals surface area contributed by atoms with Crippen molar-refractivity contribution >= 4 is 29.9 Å². The molecule has 2 aliphatic rings. The van der Waals surface area contributed by atoms with Gasteiger partial charge in [0.15, 0.2) is 0 Å². The Balaban J connectivity index is 0.000000583. The third-order valence-electron chi connectivity index (χ3n) is 6.94. The maximum Gasteiger partial charge on any atom is 0.416 e. The number of carboxylic acid groups (broad SMARTS) is 3. The van der Waals surface area contributed by atoms with Crippen molar-refractivity contribution in [2.45, 2.75) is 44.1 Å². The monoisotopic (exact) mass is 625 g/mol. The van der Waals surface area contributed by atoms with Gasteiger partial charge in [0.1, 0.15) is 11.8 Å². The molecule has 0 saturated carbocycles. The summed E-state index contributed by atoms with van der Waals surface area (Å²) in [6.45, 7) is 5.39. The molecule has 1 saturated heterocycles. The number of ether oxygens (including phenoxy) is 1. The van der Waals surface area contributed by atoms with Gasteiger partial charge in [-0.25, -0.2) is 14.4 Å². The van der Waals surface area contributed by atoms with Crippen LogP contribution in [0.15, 0.2) is 48.7 Å². The van der Waals surface area contributed by atoms with Gasteiger partial charge in [-0.15, -0.1) is 0 Å². The normalized spacial score (nSPS) is 21.9. The van der Waals surface area contributed by atoms with Crippen LogP contribution in [0.25, 0.3) is 6.08 Å². The smallest absolute Gasteiger partial charge is 0.416 e. The number of carboxylic acids is 2. The largest absolute Gasteiger partial charge is 0.478 e. The molecule has 0 spiro atoms. The Bertz CT molecular complexity index is 1430. The van der Waals surface area contributed by atoms with E-state index in [2.05, 4.69) is 9.88 Å². The molecule has 2 atom stereocenters. The van der Waals surface area contributed by atoms with Gasteiger partial charge in [0, 0.05) is 48.9 Å². The highest BCUT2D eigenvalue weighted by Crippen LogP contribution is 2.35. The van der Waals surface area contributed by atoms with E-state index in [1.807, 2.05) is 13.8 Å². The van der Waals surface area contributed by atoms with Crippen molar-refractivity contribution in [2.24, 2.45) is 0 Å². The second-order valence-electron chi connectivity index (χ2n) is 10.7. The first kappa shape index (κ1) is 33.6. The highest BCUT2D eigenvalue weighted by molar-refractivity contribution is 5.89. The number of aromatic nitrogens is 2. The second kappa shape index (κ2) is 13.2. The predicted molar refractivity (Wildman–Crippen MR) is 147 cm³/mol. The fourth-order valence-electron chi connectivity index (χ4n) is 4.91. The Hall–Kier alpha value is -4.93. The van der Waals surface area contributed by atoms with E-state index in [9.17, 15) is 42.8 Å². The standard InChI is InChI=1S/C23H26F3N5O5.C4H4O4/c1-21(8-4-6-16-5-3-7-17(11-16)23(24,25)26)13-28(20(32)33)9-10-30(21)15-22(2)14-29-12-18(31(34)35)27-19(29)36-22;5-3(6)1-2-4(7)8/h3-7,11-12H,8-10,13-15H2,1-2H3,(H,32,33);1-2H,(H,5,6)(H,7,8)/b6-4+;2-1-/t21?,22-;/m1./s1. The van der Waals surface area contributed by atoms with Gasteiger partial charge in [-0.2, -0.15) is 13.2 Å². The summed E-state index contributed by atoms with van der Waals surface area (Å²) in [6.07, 6.45) is 0.673. The van der Waals surface area contributed by atoms with Gasteiger partial charge in [-0.3, -0.25) is 9.47 Å². The zero-order valence-corrected chi connectivity index (χ0v) is 23.6. The number of benzene rings is 1. The summed E-state index contributed by atoms with van der Waals surface area (Å²) in [6, 6.07) is 5.14. The van der Waals surface area contributed by atoms with Crippen LogP contribution >= 0.6 is 0 Å². The number of nitrogens with zero attached hydrogens (tertiary/aromatic N) is 5. The maximum absolute atomic E-state index is 13.0. The van der Waals surface area contributed by atoms with Crippen LogP contribution in [0.4, 0.5) is 23.8 Å². The van der Waals surface area contributed by atoms with Crippen LogP contribution in [-0.2, 0) is 22.3 Å². The number of imidazole rings is 1. The van der Waals surface area contributed by atoms with E-state index in [0.717, 1.165) is 12.1 Å². The number of fused-ring (bicyclic) bond motifs is 1. The van der Waals surface area contributed by atoms with Crippen molar-refractivity contribution in [1.82, 2.24) is 19.4 Å². The Kier molecular flexibility index (Phi) is 10.0. The summed E-state index contributed by atoms with van der Waals surface area (Å²) in [7, 11) is 0. The summed E-state index contributed by atoms with van der Waals surface area (Å²) in [5, 5.41) is 36.2. The lowest BCUT2D eigenvalue weighted by atomic mass is 9.89. The van der Waals surface area contributed by atoms with Gasteiger partial charge in [0.05, 0.1) is 12.1 Å². The lowest BCUT2D eigenvalue weighted by Crippen LogP contribution is -2.64. The fraction of sp³-hybridized carbons (Fsp3) is 0.407. The molecule has 3 heterocycles. The lowest BCUT2D eigenvalue weighted by Gasteiger charge is -2.49. The van der Waals surface area contributed by atoms with E-state index in [-0.39, 0.29) is 24.9 Å². The molecule has 17 heteroatoms. The molecule has 1 unspecified atom stereocenters. The van der Waals surface area contributed by atoms with Crippen molar-refractivity contribution in [3.05, 3.63) is 69.9 Å². The molecule has 1 fully saturated rings. The molecule has 14 nitrogen and oxygen atoms in total. The molecule has 0 bridgehead atoms. The summed E-state index contributed by atoms with van der Waals surface area (Å²) < 4.78 is 46.7. The first-order valence-electron chi connectivity index (χ1n) is 13.0. The molecule has 44 heavy (non-hydrogen) atoms. The molecular formula is C27H30F3N5O9. The van der Waals surface area contributed by atoms with Crippen LogP contribution in [-0.4, -0.2) is 94.9 Å². The zero-order valence-electron chi connectivity index (χ0n) is 23.6. The third kappa shape index (κ3) is 8.79. The molecule has 238 valence electrons. The Morgan fingerprint density at radius 3 is 2.32 bits per heavy atom. The minimum Gasteiger partial charge on any atom is -0.478 e. The average molecular weight is 626 g/mol. The number of halogens is 3. The van der Waals surface area contributed by atoms with E-state index in [0.29, 0.717) is 43.8 Å². The predicted octanol–water partition coefficient (Wildman–Crippen LogP) is 3.83. The second-order valence-corrected chi connectivity index (χ2v) is 10.7. The molecule has 1 aromatic carbocycles. The number of hydrogen-bond acceptors (Lipinski definition) is 8. The number of rotatable bonds is 8. The molecule has 2 aliphatic heterocycles. The third-order valence-corrected chi connectivity index (χ3v) is 6.94. The molecule has 1 amide bonds. The zero-order chi connectivity index (χ0) is 32.9. The van der Waals surface area contributed by atoms with E-state index in [4.69, 9.17) is 14.9 Å². The molecule has 0 radical (unpaired) electrons.